The monoisotopic (exact) mass is 455 g/mol. The molecule has 0 saturated heterocycles. The van der Waals surface area contributed by atoms with E-state index in [0.717, 1.165) is 30.2 Å². The van der Waals surface area contributed by atoms with Crippen LogP contribution in [0.25, 0.3) is 11.0 Å². The molecule has 1 saturated carbocycles. The third-order valence-corrected chi connectivity index (χ3v) is 7.59. The summed E-state index contributed by atoms with van der Waals surface area (Å²) in [5.74, 6) is 0.958. The Balaban J connectivity index is 1.57. The minimum Gasteiger partial charge on any atom is -0.324 e. The number of nitrogens with zero attached hydrogens (tertiary/aromatic N) is 3. The lowest BCUT2D eigenvalue weighted by Gasteiger charge is -2.34. The Morgan fingerprint density at radius 2 is 1.94 bits per heavy atom. The van der Waals surface area contributed by atoms with Crippen LogP contribution in [0.5, 0.6) is 0 Å². The molecular formula is C23H29N5O3S. The van der Waals surface area contributed by atoms with Gasteiger partial charge in [0.05, 0.1) is 4.90 Å². The summed E-state index contributed by atoms with van der Waals surface area (Å²) >= 11 is 0. The molecule has 1 aliphatic carbocycles. The number of hydrogen-bond acceptors (Lipinski definition) is 6. The van der Waals surface area contributed by atoms with Gasteiger partial charge < -0.3 is 5.32 Å². The van der Waals surface area contributed by atoms with E-state index in [1.807, 2.05) is 20.8 Å². The number of sulfonamides is 1. The maximum atomic E-state index is 12.7. The molecule has 0 unspecified atom stereocenters. The van der Waals surface area contributed by atoms with E-state index in [4.69, 9.17) is 0 Å². The summed E-state index contributed by atoms with van der Waals surface area (Å²) in [6, 6.07) is 8.15. The summed E-state index contributed by atoms with van der Waals surface area (Å²) in [6.45, 7) is 7.83. The highest BCUT2D eigenvalue weighted by Gasteiger charge is 2.31. The Morgan fingerprint density at radius 1 is 1.19 bits per heavy atom. The standard InChI is InChI=1S/C23H29N5O3S/c1-5-16-11-18(12-16)27-32(30,31)19-7-8-20(15(4)10-19)25-23-24-13-17-6-9-21(29)28(14(2)3)22(17)26-23/h6-10,13-14,16,18,27H,5,11-12H2,1-4H3,(H,24,25,26). The first-order chi connectivity index (χ1) is 15.2. The quantitative estimate of drug-likeness (QED) is 0.560. The van der Waals surface area contributed by atoms with Crippen LogP contribution in [0, 0.1) is 12.8 Å². The highest BCUT2D eigenvalue weighted by molar-refractivity contribution is 7.89. The van der Waals surface area contributed by atoms with Gasteiger partial charge in [-0.1, -0.05) is 13.3 Å². The maximum absolute atomic E-state index is 12.7. The molecule has 9 heteroatoms. The Morgan fingerprint density at radius 3 is 2.59 bits per heavy atom. The van der Waals surface area contributed by atoms with Gasteiger partial charge in [0.25, 0.3) is 5.56 Å². The molecule has 0 amide bonds. The van der Waals surface area contributed by atoms with Crippen molar-refractivity contribution < 1.29 is 8.42 Å². The van der Waals surface area contributed by atoms with Crippen molar-refractivity contribution in [1.29, 1.82) is 0 Å². The SMILES string of the molecule is CCC1CC(NS(=O)(=O)c2ccc(Nc3ncc4ccc(=O)n(C(C)C)c4n3)c(C)c2)C1. The van der Waals surface area contributed by atoms with E-state index in [0.29, 0.717) is 23.2 Å². The number of aromatic nitrogens is 3. The van der Waals surface area contributed by atoms with E-state index >= 15 is 0 Å². The molecule has 8 nitrogen and oxygen atoms in total. The van der Waals surface area contributed by atoms with Crippen LogP contribution in [0.2, 0.25) is 0 Å². The number of fused-ring (bicyclic) bond motifs is 1. The molecule has 2 N–H and O–H groups in total. The topological polar surface area (TPSA) is 106 Å². The zero-order chi connectivity index (χ0) is 23.0. The molecule has 0 aliphatic heterocycles. The van der Waals surface area contributed by atoms with Crippen molar-refractivity contribution in [3.63, 3.8) is 0 Å². The lowest BCUT2D eigenvalue weighted by atomic mass is 9.79. The van der Waals surface area contributed by atoms with Gasteiger partial charge in [0, 0.05) is 35.4 Å². The van der Waals surface area contributed by atoms with E-state index < -0.39 is 10.0 Å². The smallest absolute Gasteiger partial charge is 0.252 e. The summed E-state index contributed by atoms with van der Waals surface area (Å²) in [5.41, 5.74) is 1.89. The predicted octanol–water partition coefficient (Wildman–Crippen LogP) is 3.89. The number of pyridine rings is 1. The van der Waals surface area contributed by atoms with Crippen LogP contribution >= 0.6 is 0 Å². The molecule has 0 spiro atoms. The number of rotatable bonds is 7. The van der Waals surface area contributed by atoms with E-state index in [1.165, 1.54) is 6.07 Å². The van der Waals surface area contributed by atoms with Gasteiger partial charge in [-0.15, -0.1) is 0 Å². The molecule has 0 bridgehead atoms. The van der Waals surface area contributed by atoms with Crippen molar-refractivity contribution in [2.45, 2.75) is 63.9 Å². The molecule has 2 heterocycles. The van der Waals surface area contributed by atoms with Crippen molar-refractivity contribution in [3.05, 3.63) is 52.4 Å². The summed E-state index contributed by atoms with van der Waals surface area (Å²) in [6.07, 6.45) is 4.55. The van der Waals surface area contributed by atoms with Gasteiger partial charge in [0.15, 0.2) is 0 Å². The van der Waals surface area contributed by atoms with Crippen LogP contribution in [0.1, 0.15) is 51.6 Å². The molecule has 1 aliphatic rings. The van der Waals surface area contributed by atoms with Gasteiger partial charge >= 0.3 is 0 Å². The number of benzene rings is 1. The van der Waals surface area contributed by atoms with Crippen molar-refractivity contribution in [2.75, 3.05) is 5.32 Å². The summed E-state index contributed by atoms with van der Waals surface area (Å²) in [4.78, 5) is 21.4. The highest BCUT2D eigenvalue weighted by Crippen LogP contribution is 2.31. The van der Waals surface area contributed by atoms with Gasteiger partial charge in [-0.25, -0.2) is 18.1 Å². The average molecular weight is 456 g/mol. The normalized spacial score (nSPS) is 18.7. The van der Waals surface area contributed by atoms with Crippen molar-refractivity contribution >= 4 is 32.7 Å². The Hall–Kier alpha value is -2.78. The predicted molar refractivity (Wildman–Crippen MR) is 126 cm³/mol. The lowest BCUT2D eigenvalue weighted by molar-refractivity contribution is 0.241. The minimum absolute atomic E-state index is 0.0209. The van der Waals surface area contributed by atoms with Gasteiger partial charge in [0.1, 0.15) is 5.65 Å². The third kappa shape index (κ3) is 4.40. The number of nitrogens with one attached hydrogen (secondary N) is 2. The van der Waals surface area contributed by atoms with Crippen LogP contribution in [0.4, 0.5) is 11.6 Å². The Kier molecular flexibility index (Phi) is 6.05. The van der Waals surface area contributed by atoms with Crippen molar-refractivity contribution in [1.82, 2.24) is 19.3 Å². The molecule has 0 atom stereocenters. The first-order valence-corrected chi connectivity index (χ1v) is 12.4. The molecule has 4 rings (SSSR count). The van der Waals surface area contributed by atoms with Crippen LogP contribution < -0.4 is 15.6 Å². The summed E-state index contributed by atoms with van der Waals surface area (Å²) < 4.78 is 29.9. The van der Waals surface area contributed by atoms with Crippen molar-refractivity contribution in [2.24, 2.45) is 5.92 Å². The van der Waals surface area contributed by atoms with Gasteiger partial charge in [-0.2, -0.15) is 4.98 Å². The number of aryl methyl sites for hydroxylation is 1. The second kappa shape index (κ2) is 8.63. The molecule has 0 radical (unpaired) electrons. The van der Waals surface area contributed by atoms with E-state index in [2.05, 4.69) is 26.9 Å². The molecule has 1 aromatic carbocycles. The zero-order valence-corrected chi connectivity index (χ0v) is 19.6. The molecule has 2 aromatic heterocycles. The highest BCUT2D eigenvalue weighted by atomic mass is 32.2. The Bertz CT molecular complexity index is 1310. The zero-order valence-electron chi connectivity index (χ0n) is 18.8. The first kappa shape index (κ1) is 22.4. The van der Waals surface area contributed by atoms with Crippen LogP contribution in [0.15, 0.2) is 46.2 Å². The molecule has 170 valence electrons. The fourth-order valence-corrected chi connectivity index (χ4v) is 5.46. The second-order valence-corrected chi connectivity index (χ2v) is 10.5. The Labute approximate surface area is 188 Å². The van der Waals surface area contributed by atoms with Crippen molar-refractivity contribution in [3.8, 4) is 0 Å². The number of anilines is 2. The summed E-state index contributed by atoms with van der Waals surface area (Å²) in [5, 5.41) is 3.92. The summed E-state index contributed by atoms with van der Waals surface area (Å²) in [7, 11) is -3.56. The maximum Gasteiger partial charge on any atom is 0.252 e. The van der Waals surface area contributed by atoms with E-state index in [9.17, 15) is 13.2 Å². The van der Waals surface area contributed by atoms with Crippen LogP contribution in [-0.4, -0.2) is 29.0 Å². The van der Waals surface area contributed by atoms with Crippen LogP contribution in [0.3, 0.4) is 0 Å². The first-order valence-electron chi connectivity index (χ1n) is 11.0. The molecule has 32 heavy (non-hydrogen) atoms. The largest absolute Gasteiger partial charge is 0.324 e. The molecule has 1 fully saturated rings. The second-order valence-electron chi connectivity index (χ2n) is 8.77. The fourth-order valence-electron chi connectivity index (χ4n) is 4.11. The van der Waals surface area contributed by atoms with Crippen LogP contribution in [-0.2, 0) is 10.0 Å². The van der Waals surface area contributed by atoms with Gasteiger partial charge in [-0.3, -0.25) is 9.36 Å². The fraction of sp³-hybridized carbons (Fsp3) is 0.435. The lowest BCUT2D eigenvalue weighted by Crippen LogP contribution is -2.43. The average Bonchev–Trinajstić information content (AvgIpc) is 2.71. The minimum atomic E-state index is -3.56. The van der Waals surface area contributed by atoms with E-state index in [1.54, 1.807) is 35.0 Å². The van der Waals surface area contributed by atoms with Gasteiger partial charge in [-0.05, 0) is 69.4 Å². The molecule has 3 aromatic rings. The third-order valence-electron chi connectivity index (χ3n) is 6.07. The molecular weight excluding hydrogens is 426 g/mol. The number of hydrogen-bond donors (Lipinski definition) is 2. The van der Waals surface area contributed by atoms with E-state index in [-0.39, 0.29) is 22.5 Å². The van der Waals surface area contributed by atoms with Gasteiger partial charge in [0.2, 0.25) is 16.0 Å².